The molecule has 0 aliphatic carbocycles. The molecule has 1 rings (SSSR count). The minimum Gasteiger partial charge on any atom is -0.483 e. The second kappa shape index (κ2) is 9.30. The number of aryl methyl sites for hydroxylation is 1. The molecule has 1 amide bonds. The van der Waals surface area contributed by atoms with Crippen LogP contribution in [0.4, 0.5) is 0 Å². The molecule has 134 valence electrons. The monoisotopic (exact) mass is 335 g/mol. The molecule has 0 aromatic heterocycles. The fraction of sp³-hybridized carbons (Fsp3) is 0.579. The van der Waals surface area contributed by atoms with Crippen molar-refractivity contribution in [3.8, 4) is 5.75 Å². The molecule has 1 unspecified atom stereocenters. The van der Waals surface area contributed by atoms with E-state index in [4.69, 9.17) is 9.47 Å². The normalized spacial score (nSPS) is 12.2. The fourth-order valence-electron chi connectivity index (χ4n) is 2.45. The zero-order valence-corrected chi connectivity index (χ0v) is 15.5. The lowest BCUT2D eigenvalue weighted by Gasteiger charge is -2.19. The number of amides is 1. The van der Waals surface area contributed by atoms with Crippen LogP contribution in [0.5, 0.6) is 5.75 Å². The second-order valence-corrected chi connectivity index (χ2v) is 6.76. The number of carbonyl (C=O) groups is 2. The van der Waals surface area contributed by atoms with E-state index in [1.54, 1.807) is 0 Å². The Bertz CT molecular complexity index is 566. The lowest BCUT2D eigenvalue weighted by molar-refractivity contribution is -0.145. The number of hydrogen-bond donors (Lipinski definition) is 1. The molecule has 0 saturated heterocycles. The highest BCUT2D eigenvalue weighted by atomic mass is 16.5. The summed E-state index contributed by atoms with van der Waals surface area (Å²) in [5.41, 5.74) is 2.13. The maximum Gasteiger partial charge on any atom is 0.328 e. The fourth-order valence-corrected chi connectivity index (χ4v) is 2.45. The predicted molar refractivity (Wildman–Crippen MR) is 94.2 cm³/mol. The van der Waals surface area contributed by atoms with Crippen LogP contribution in [0.1, 0.15) is 51.2 Å². The summed E-state index contributed by atoms with van der Waals surface area (Å²) in [6, 6.07) is 5.32. The molecule has 0 spiro atoms. The van der Waals surface area contributed by atoms with Crippen molar-refractivity contribution in [3.63, 3.8) is 0 Å². The van der Waals surface area contributed by atoms with E-state index in [-0.39, 0.29) is 18.4 Å². The van der Waals surface area contributed by atoms with Gasteiger partial charge in [-0.25, -0.2) is 4.79 Å². The van der Waals surface area contributed by atoms with E-state index in [9.17, 15) is 9.59 Å². The highest BCUT2D eigenvalue weighted by Gasteiger charge is 2.23. The number of rotatable bonds is 8. The van der Waals surface area contributed by atoms with Crippen LogP contribution in [0.3, 0.4) is 0 Å². The van der Waals surface area contributed by atoms with E-state index in [1.165, 1.54) is 7.11 Å². The van der Waals surface area contributed by atoms with Crippen molar-refractivity contribution >= 4 is 11.9 Å². The van der Waals surface area contributed by atoms with Gasteiger partial charge in [0.25, 0.3) is 5.91 Å². The Hall–Kier alpha value is -2.04. The first-order valence-electron chi connectivity index (χ1n) is 8.35. The average Bonchev–Trinajstić information content (AvgIpc) is 2.50. The second-order valence-electron chi connectivity index (χ2n) is 6.76. The molecule has 1 atom stereocenters. The molecule has 0 saturated carbocycles. The van der Waals surface area contributed by atoms with Gasteiger partial charge in [-0.1, -0.05) is 39.8 Å². The molecule has 0 aliphatic heterocycles. The van der Waals surface area contributed by atoms with Gasteiger partial charge in [-0.2, -0.15) is 0 Å². The molecular formula is C19H29NO4. The molecule has 0 fully saturated rings. The quantitative estimate of drug-likeness (QED) is 0.741. The summed E-state index contributed by atoms with van der Waals surface area (Å²) >= 11 is 0. The van der Waals surface area contributed by atoms with Crippen molar-refractivity contribution in [2.45, 2.75) is 53.0 Å². The lowest BCUT2D eigenvalue weighted by Crippen LogP contribution is -2.44. The smallest absolute Gasteiger partial charge is 0.328 e. The van der Waals surface area contributed by atoms with Gasteiger partial charge in [0.1, 0.15) is 11.8 Å². The van der Waals surface area contributed by atoms with E-state index >= 15 is 0 Å². The summed E-state index contributed by atoms with van der Waals surface area (Å²) < 4.78 is 10.4. The van der Waals surface area contributed by atoms with Crippen LogP contribution in [0.25, 0.3) is 0 Å². The molecule has 24 heavy (non-hydrogen) atoms. The summed E-state index contributed by atoms with van der Waals surface area (Å²) in [6.45, 7) is 9.98. The third kappa shape index (κ3) is 6.22. The Labute approximate surface area is 144 Å². The Morgan fingerprint density at radius 3 is 2.38 bits per heavy atom. The molecule has 0 bridgehead atoms. The third-order valence-electron chi connectivity index (χ3n) is 3.68. The number of carbonyl (C=O) groups excluding carboxylic acids is 2. The molecule has 1 aromatic rings. The van der Waals surface area contributed by atoms with Crippen molar-refractivity contribution in [1.82, 2.24) is 5.32 Å². The maximum atomic E-state index is 12.2. The van der Waals surface area contributed by atoms with Crippen LogP contribution < -0.4 is 10.1 Å². The van der Waals surface area contributed by atoms with Crippen LogP contribution in [0, 0.1) is 12.8 Å². The first-order valence-corrected chi connectivity index (χ1v) is 8.35. The Morgan fingerprint density at radius 1 is 1.17 bits per heavy atom. The van der Waals surface area contributed by atoms with Crippen LogP contribution in [-0.2, 0) is 14.3 Å². The topological polar surface area (TPSA) is 64.6 Å². The van der Waals surface area contributed by atoms with Crippen LogP contribution in [0.2, 0.25) is 0 Å². The zero-order valence-electron chi connectivity index (χ0n) is 15.5. The van der Waals surface area contributed by atoms with E-state index in [0.29, 0.717) is 18.1 Å². The number of ether oxygens (including phenoxy) is 2. The number of nitrogens with one attached hydrogen (secondary N) is 1. The van der Waals surface area contributed by atoms with Gasteiger partial charge in [0.15, 0.2) is 6.61 Å². The number of methoxy groups -OCH3 is 1. The summed E-state index contributed by atoms with van der Waals surface area (Å²) in [5.74, 6) is 0.503. The molecule has 0 heterocycles. The molecule has 1 aromatic carbocycles. The molecule has 5 nitrogen and oxygen atoms in total. The maximum absolute atomic E-state index is 12.2. The standard InChI is InChI=1S/C19H29NO4/c1-12(2)9-16(19(22)23-6)20-18(21)11-24-17-10-14(5)7-8-15(17)13(3)4/h7-8,10,12-13,16H,9,11H2,1-6H3,(H,20,21). The Kier molecular flexibility index (Phi) is 7.75. The van der Waals surface area contributed by atoms with Gasteiger partial charge in [-0.3, -0.25) is 4.79 Å². The largest absolute Gasteiger partial charge is 0.483 e. The highest BCUT2D eigenvalue weighted by Crippen LogP contribution is 2.27. The van der Waals surface area contributed by atoms with Crippen molar-refractivity contribution in [2.24, 2.45) is 5.92 Å². The van der Waals surface area contributed by atoms with Gasteiger partial charge in [0, 0.05) is 0 Å². The van der Waals surface area contributed by atoms with Crippen LogP contribution in [-0.4, -0.2) is 31.6 Å². The van der Waals surface area contributed by atoms with Crippen LogP contribution >= 0.6 is 0 Å². The van der Waals surface area contributed by atoms with E-state index in [1.807, 2.05) is 39.0 Å². The molecule has 5 heteroatoms. The summed E-state index contributed by atoms with van der Waals surface area (Å²) in [5, 5.41) is 2.69. The first kappa shape index (κ1) is 20.0. The van der Waals surface area contributed by atoms with Gasteiger partial charge < -0.3 is 14.8 Å². The third-order valence-corrected chi connectivity index (χ3v) is 3.68. The van der Waals surface area contributed by atoms with Crippen molar-refractivity contribution in [2.75, 3.05) is 13.7 Å². The number of hydrogen-bond acceptors (Lipinski definition) is 4. The zero-order chi connectivity index (χ0) is 18.3. The molecule has 0 radical (unpaired) electrons. The van der Waals surface area contributed by atoms with E-state index in [0.717, 1.165) is 11.1 Å². The lowest BCUT2D eigenvalue weighted by atomic mass is 10.0. The first-order chi connectivity index (χ1) is 11.2. The number of benzene rings is 1. The highest BCUT2D eigenvalue weighted by molar-refractivity contribution is 5.85. The van der Waals surface area contributed by atoms with E-state index in [2.05, 4.69) is 19.2 Å². The summed E-state index contributed by atoms with van der Waals surface area (Å²) in [4.78, 5) is 23.9. The predicted octanol–water partition coefficient (Wildman–Crippen LogP) is 3.20. The van der Waals surface area contributed by atoms with Gasteiger partial charge in [-0.05, 0) is 42.4 Å². The summed E-state index contributed by atoms with van der Waals surface area (Å²) in [7, 11) is 1.32. The van der Waals surface area contributed by atoms with Crippen molar-refractivity contribution in [1.29, 1.82) is 0 Å². The SMILES string of the molecule is COC(=O)C(CC(C)C)NC(=O)COc1cc(C)ccc1C(C)C. The average molecular weight is 335 g/mol. The minimum atomic E-state index is -0.645. The number of esters is 1. The summed E-state index contributed by atoms with van der Waals surface area (Å²) in [6.07, 6.45) is 0.528. The molecule has 1 N–H and O–H groups in total. The van der Waals surface area contributed by atoms with Gasteiger partial charge in [0.05, 0.1) is 7.11 Å². The molecule has 0 aliphatic rings. The minimum absolute atomic E-state index is 0.130. The van der Waals surface area contributed by atoms with Gasteiger partial charge >= 0.3 is 5.97 Å². The van der Waals surface area contributed by atoms with Gasteiger partial charge in [0.2, 0.25) is 0 Å². The molecular weight excluding hydrogens is 306 g/mol. The Morgan fingerprint density at radius 2 is 1.83 bits per heavy atom. The van der Waals surface area contributed by atoms with Crippen molar-refractivity contribution in [3.05, 3.63) is 29.3 Å². The van der Waals surface area contributed by atoms with Crippen LogP contribution in [0.15, 0.2) is 18.2 Å². The van der Waals surface area contributed by atoms with Crippen molar-refractivity contribution < 1.29 is 19.1 Å². The van der Waals surface area contributed by atoms with Gasteiger partial charge in [-0.15, -0.1) is 0 Å². The Balaban J connectivity index is 2.71. The van der Waals surface area contributed by atoms with E-state index < -0.39 is 12.0 Å².